The van der Waals surface area contributed by atoms with Gasteiger partial charge in [-0.1, -0.05) is 30.3 Å². The molecule has 178 valence electrons. The third-order valence-electron chi connectivity index (χ3n) is 6.69. The summed E-state index contributed by atoms with van der Waals surface area (Å²) in [5, 5.41) is 9.65. The molecular weight excluding hydrogens is 482 g/mol. The Labute approximate surface area is 191 Å². The van der Waals surface area contributed by atoms with Crippen LogP contribution in [0.25, 0.3) is 0 Å². The Bertz CT molecular complexity index is 673. The second-order valence-electron chi connectivity index (χ2n) is 8.63. The smallest absolute Gasteiger partial charge is 0.416 e. The Kier molecular flexibility index (Phi) is 10.4. The van der Waals surface area contributed by atoms with Crippen LogP contribution in [0.1, 0.15) is 51.0 Å². The van der Waals surface area contributed by atoms with Crippen LogP contribution in [0.4, 0.5) is 17.6 Å². The van der Waals surface area contributed by atoms with Gasteiger partial charge in [0, 0.05) is 25.7 Å². The van der Waals surface area contributed by atoms with Crippen molar-refractivity contribution in [2.45, 2.75) is 75.9 Å². The minimum absolute atomic E-state index is 0. The predicted octanol–water partition coefficient (Wildman–Crippen LogP) is 1.38. The first-order chi connectivity index (χ1) is 14.0. The number of piperidine rings is 1. The molecule has 4 nitrogen and oxygen atoms in total. The van der Waals surface area contributed by atoms with E-state index in [9.17, 15) is 27.5 Å². The van der Waals surface area contributed by atoms with E-state index >= 15 is 0 Å². The van der Waals surface area contributed by atoms with Gasteiger partial charge in [-0.25, -0.2) is 4.39 Å². The van der Waals surface area contributed by atoms with Crippen LogP contribution >= 0.6 is 0 Å². The number of aliphatic hydroxyl groups excluding tert-OH is 1. The Morgan fingerprint density at radius 2 is 1.65 bits per heavy atom. The van der Waals surface area contributed by atoms with Gasteiger partial charge in [-0.15, -0.1) is 0 Å². The summed E-state index contributed by atoms with van der Waals surface area (Å²) >= 11 is 0. The van der Waals surface area contributed by atoms with Crippen molar-refractivity contribution in [1.82, 2.24) is 0 Å². The molecule has 3 rings (SSSR count). The molecule has 0 saturated carbocycles. The van der Waals surface area contributed by atoms with Crippen molar-refractivity contribution in [3.8, 4) is 0 Å². The number of quaternary nitrogens is 1. The first kappa shape index (κ1) is 27.8. The lowest BCUT2D eigenvalue weighted by Gasteiger charge is -2.49. The molecule has 1 aromatic rings. The number of benzene rings is 1. The van der Waals surface area contributed by atoms with E-state index < -0.39 is 18.8 Å². The van der Waals surface area contributed by atoms with Crippen LogP contribution in [-0.4, -0.2) is 66.3 Å². The molecule has 3 unspecified atom stereocenters. The number of nitrogens with zero attached hydrogens (tertiary/aromatic N) is 1. The summed E-state index contributed by atoms with van der Waals surface area (Å²) < 4.78 is 48.6. The zero-order valence-electron chi connectivity index (χ0n) is 18.1. The van der Waals surface area contributed by atoms with Crippen molar-refractivity contribution in [3.05, 3.63) is 35.9 Å². The lowest BCUT2D eigenvalue weighted by atomic mass is 9.94. The molecule has 2 bridgehead atoms. The van der Waals surface area contributed by atoms with E-state index in [1.165, 1.54) is 12.8 Å². The predicted molar refractivity (Wildman–Crippen MR) is 106 cm³/mol. The Morgan fingerprint density at radius 1 is 1.16 bits per heavy atom. The second-order valence-corrected chi connectivity index (χ2v) is 8.63. The molecule has 3 atom stereocenters. The molecule has 1 N–H and O–H groups in total. The molecule has 0 aromatic heterocycles. The van der Waals surface area contributed by atoms with Gasteiger partial charge in [0.05, 0.1) is 31.8 Å². The highest BCUT2D eigenvalue weighted by atomic mass is 79.9. The molecule has 31 heavy (non-hydrogen) atoms. The van der Waals surface area contributed by atoms with Crippen molar-refractivity contribution in [3.63, 3.8) is 0 Å². The Balaban J connectivity index is 0.000000607. The van der Waals surface area contributed by atoms with E-state index in [0.29, 0.717) is 18.1 Å². The van der Waals surface area contributed by atoms with Gasteiger partial charge in [0.15, 0.2) is 6.67 Å². The fourth-order valence-electron chi connectivity index (χ4n) is 4.82. The molecular formula is C22H32BrF4NO3. The largest absolute Gasteiger partial charge is 1.00 e. The molecule has 2 saturated heterocycles. The summed E-state index contributed by atoms with van der Waals surface area (Å²) in [7, 11) is 2.37. The van der Waals surface area contributed by atoms with Gasteiger partial charge in [0.25, 0.3) is 0 Å². The van der Waals surface area contributed by atoms with Crippen molar-refractivity contribution < 1.29 is 53.7 Å². The van der Waals surface area contributed by atoms with E-state index in [2.05, 4.69) is 20.9 Å². The molecule has 1 aromatic carbocycles. The molecule has 2 aliphatic rings. The monoisotopic (exact) mass is 513 g/mol. The van der Waals surface area contributed by atoms with E-state index in [1.807, 2.05) is 30.3 Å². The number of alkyl halides is 4. The quantitative estimate of drug-likeness (QED) is 0.367. The average Bonchev–Trinajstić information content (AvgIpc) is 2.87. The van der Waals surface area contributed by atoms with Gasteiger partial charge in [-0.05, 0) is 19.4 Å². The molecule has 0 amide bonds. The number of fused-ring (bicyclic) bond motifs is 2. The number of esters is 1. The number of ether oxygens (including phenoxy) is 1. The number of carbonyl (C=O) groups excluding carboxylic acids is 1. The highest BCUT2D eigenvalue weighted by molar-refractivity contribution is 5.78. The van der Waals surface area contributed by atoms with Gasteiger partial charge in [-0.2, -0.15) is 13.2 Å². The average molecular weight is 514 g/mol. The van der Waals surface area contributed by atoms with Gasteiger partial charge < -0.3 is 31.3 Å². The van der Waals surface area contributed by atoms with Crippen molar-refractivity contribution in [1.29, 1.82) is 0 Å². The molecule has 9 heteroatoms. The summed E-state index contributed by atoms with van der Waals surface area (Å²) in [6.07, 6.45) is -0.267. The number of halogens is 5. The van der Waals surface area contributed by atoms with Crippen molar-refractivity contribution in [2.75, 3.05) is 20.3 Å². The topological polar surface area (TPSA) is 46.5 Å². The van der Waals surface area contributed by atoms with Crippen LogP contribution < -0.4 is 17.0 Å². The summed E-state index contributed by atoms with van der Waals surface area (Å²) in [6.45, 7) is 2.17. The number of aliphatic hydroxyl groups is 1. The third-order valence-corrected chi connectivity index (χ3v) is 6.69. The van der Waals surface area contributed by atoms with Crippen LogP contribution in [0.3, 0.4) is 0 Å². The lowest BCUT2D eigenvalue weighted by Crippen LogP contribution is -3.00. The van der Waals surface area contributed by atoms with Gasteiger partial charge in [0.2, 0.25) is 0 Å². The van der Waals surface area contributed by atoms with E-state index in [-0.39, 0.29) is 35.7 Å². The third kappa shape index (κ3) is 6.89. The van der Waals surface area contributed by atoms with Crippen LogP contribution in [0.5, 0.6) is 0 Å². The minimum atomic E-state index is -4.62. The molecule has 0 spiro atoms. The fourth-order valence-corrected chi connectivity index (χ4v) is 4.82. The highest BCUT2D eigenvalue weighted by Gasteiger charge is 2.53. The fraction of sp³-hybridized carbons (Fsp3) is 0.682. The molecule has 2 aliphatic heterocycles. The van der Waals surface area contributed by atoms with Gasteiger partial charge in [-0.3, -0.25) is 4.79 Å². The summed E-state index contributed by atoms with van der Waals surface area (Å²) in [5.41, 5.74) is 0.826. The number of hydrogen-bond donors (Lipinski definition) is 1. The highest BCUT2D eigenvalue weighted by Crippen LogP contribution is 2.44. The maximum atomic E-state index is 12.6. The standard InChI is InChI=1S/C20H30NO3.C2H2F4.BrH/c1-14(2)21(3)16-9-10-17(21)12-18(11-16)24-20(23)19(13-22)15-7-5-4-6-8-15;3-1-2(4,5)6;/h4-8,14,16-19,22H,9-13H2,1-3H3;1H2;1H/q+1;;/p-1. The Hall–Kier alpha value is -1.19. The SMILES string of the molecule is CC(C)[N+]1(C)C2CCC1CC(OC(=O)C(CO)c1ccccc1)C2.FCC(F)(F)F.[Br-]. The molecule has 2 heterocycles. The van der Waals surface area contributed by atoms with Gasteiger partial charge >= 0.3 is 12.1 Å². The summed E-state index contributed by atoms with van der Waals surface area (Å²) in [5.74, 6) is -0.856. The summed E-state index contributed by atoms with van der Waals surface area (Å²) in [4.78, 5) is 12.6. The van der Waals surface area contributed by atoms with Crippen molar-refractivity contribution >= 4 is 5.97 Å². The molecule has 0 aliphatic carbocycles. The number of rotatable bonds is 5. The minimum Gasteiger partial charge on any atom is -1.00 e. The number of carbonyl (C=O) groups is 1. The molecule has 2 fully saturated rings. The maximum Gasteiger partial charge on any atom is 0.416 e. The zero-order valence-corrected chi connectivity index (χ0v) is 19.7. The van der Waals surface area contributed by atoms with Crippen LogP contribution in [-0.2, 0) is 9.53 Å². The second kappa shape index (κ2) is 11.6. The zero-order chi connectivity index (χ0) is 22.5. The lowest BCUT2D eigenvalue weighted by molar-refractivity contribution is -0.968. The Morgan fingerprint density at radius 3 is 2.03 bits per heavy atom. The van der Waals surface area contributed by atoms with Crippen LogP contribution in [0, 0.1) is 0 Å². The van der Waals surface area contributed by atoms with E-state index in [1.54, 1.807) is 0 Å². The first-order valence-corrected chi connectivity index (χ1v) is 10.4. The molecule has 0 radical (unpaired) electrons. The van der Waals surface area contributed by atoms with E-state index in [4.69, 9.17) is 4.74 Å². The first-order valence-electron chi connectivity index (χ1n) is 10.4. The van der Waals surface area contributed by atoms with Crippen LogP contribution in [0.2, 0.25) is 0 Å². The van der Waals surface area contributed by atoms with Crippen LogP contribution in [0.15, 0.2) is 30.3 Å². The van der Waals surface area contributed by atoms with Gasteiger partial charge in [0.1, 0.15) is 12.0 Å². The normalized spacial score (nSPS) is 28.2. The van der Waals surface area contributed by atoms with Crippen molar-refractivity contribution in [2.24, 2.45) is 0 Å². The summed E-state index contributed by atoms with van der Waals surface area (Å²) in [6, 6.07) is 11.2. The number of hydrogen-bond acceptors (Lipinski definition) is 3. The van der Waals surface area contributed by atoms with E-state index in [0.717, 1.165) is 22.9 Å². The maximum absolute atomic E-state index is 12.6.